The zero-order valence-electron chi connectivity index (χ0n) is 41.8. The molecule has 0 saturated heterocycles. The number of esters is 2. The lowest BCUT2D eigenvalue weighted by molar-refractivity contribution is -0.162. The summed E-state index contributed by atoms with van der Waals surface area (Å²) in [6, 6.07) is 0. The molecule has 364 valence electrons. The van der Waals surface area contributed by atoms with Crippen molar-refractivity contribution in [3.05, 3.63) is 109 Å². The van der Waals surface area contributed by atoms with Gasteiger partial charge in [-0.1, -0.05) is 214 Å². The summed E-state index contributed by atoms with van der Waals surface area (Å²) in [5.41, 5.74) is 0. The minimum atomic E-state index is -0.589. The van der Waals surface area contributed by atoms with Gasteiger partial charge in [-0.15, -0.1) is 0 Å². The van der Waals surface area contributed by atoms with Crippen LogP contribution in [0.2, 0.25) is 0 Å². The Morgan fingerprint density at radius 1 is 0.359 bits per heavy atom. The van der Waals surface area contributed by atoms with Crippen LogP contribution in [0.15, 0.2) is 109 Å². The van der Waals surface area contributed by atoms with Crippen molar-refractivity contribution in [1.82, 2.24) is 0 Å². The minimum absolute atomic E-state index is 0.0407. The van der Waals surface area contributed by atoms with E-state index in [9.17, 15) is 9.59 Å². The van der Waals surface area contributed by atoms with Crippen molar-refractivity contribution in [1.29, 1.82) is 0 Å². The van der Waals surface area contributed by atoms with Crippen molar-refractivity contribution in [3.8, 4) is 0 Å². The fourth-order valence-corrected chi connectivity index (χ4v) is 6.92. The van der Waals surface area contributed by atoms with Gasteiger partial charge >= 0.3 is 11.9 Å². The van der Waals surface area contributed by atoms with E-state index in [1.165, 1.54) is 96.3 Å². The van der Waals surface area contributed by atoms with Gasteiger partial charge in [0.15, 0.2) is 6.10 Å². The van der Waals surface area contributed by atoms with E-state index in [0.717, 1.165) is 89.9 Å². The predicted molar refractivity (Wildman–Crippen MR) is 279 cm³/mol. The first-order chi connectivity index (χ1) is 31.6. The molecule has 0 heterocycles. The smallest absolute Gasteiger partial charge is 0.306 e. The SMILES string of the molecule is CC/C=C\C/C=C\C/C=C\C/C=C\CCC(=O)OC(COCCCCCCCCCCCC/C=C\C/C=C\CCCCC)COC(=O)CCCCCCC/C=C\C/C=C\C/C=C\CC. The summed E-state index contributed by atoms with van der Waals surface area (Å²) in [5.74, 6) is -0.516. The zero-order chi connectivity index (χ0) is 46.3. The van der Waals surface area contributed by atoms with Gasteiger partial charge in [0, 0.05) is 19.4 Å². The fourth-order valence-electron chi connectivity index (χ4n) is 6.92. The molecule has 0 saturated carbocycles. The normalized spacial score (nSPS) is 13.1. The first-order valence-corrected chi connectivity index (χ1v) is 26.4. The first kappa shape index (κ1) is 60.6. The molecular formula is C59H98O5. The number of unbranched alkanes of at least 4 members (excludes halogenated alkanes) is 18. The molecule has 0 spiro atoms. The quantitative estimate of drug-likeness (QED) is 0.0346. The van der Waals surface area contributed by atoms with E-state index in [2.05, 4.69) is 124 Å². The van der Waals surface area contributed by atoms with Crippen molar-refractivity contribution < 1.29 is 23.8 Å². The standard InChI is InChI=1S/C59H98O5/c1-4-7-10-13-16-19-22-25-27-28-29-30-31-33-36-39-42-45-48-51-54-62-55-57(64-59(61)53-50-47-44-41-38-34-24-21-18-15-12-9-6-3)56-63-58(60)52-49-46-43-40-37-35-32-26-23-20-17-14-11-8-5-2/h8-9,11-12,16-21,25-27,32,34,38,44,47,57H,4-7,10,13-15,22-24,28-31,33,35-37,39-43,45-46,48-56H2,1-3H3/b11-8-,12-9-,19-16-,20-17-,21-18-,27-25-,32-26-,38-34-,47-44-. The number of hydrogen-bond donors (Lipinski definition) is 0. The monoisotopic (exact) mass is 887 g/mol. The van der Waals surface area contributed by atoms with Crippen LogP contribution >= 0.6 is 0 Å². The maximum Gasteiger partial charge on any atom is 0.306 e. The first-order valence-electron chi connectivity index (χ1n) is 26.4. The lowest BCUT2D eigenvalue weighted by Crippen LogP contribution is -2.30. The highest BCUT2D eigenvalue weighted by molar-refractivity contribution is 5.70. The second kappa shape index (κ2) is 53.9. The molecule has 0 aliphatic rings. The molecule has 1 unspecified atom stereocenters. The number of carbonyl (C=O) groups is 2. The summed E-state index contributed by atoms with van der Waals surface area (Å²) in [6.45, 7) is 7.47. The van der Waals surface area contributed by atoms with Gasteiger partial charge in [0.1, 0.15) is 6.61 Å². The lowest BCUT2D eigenvalue weighted by Gasteiger charge is -2.18. The van der Waals surface area contributed by atoms with E-state index in [1.807, 2.05) is 6.08 Å². The van der Waals surface area contributed by atoms with Crippen molar-refractivity contribution >= 4 is 11.9 Å². The largest absolute Gasteiger partial charge is 0.462 e. The van der Waals surface area contributed by atoms with Crippen molar-refractivity contribution in [3.63, 3.8) is 0 Å². The number of allylic oxidation sites excluding steroid dienone is 18. The van der Waals surface area contributed by atoms with E-state index < -0.39 is 6.10 Å². The topological polar surface area (TPSA) is 61.8 Å². The molecule has 0 fully saturated rings. The van der Waals surface area contributed by atoms with Crippen LogP contribution in [-0.2, 0) is 23.8 Å². The van der Waals surface area contributed by atoms with Crippen LogP contribution in [0.25, 0.3) is 0 Å². The molecule has 0 aromatic heterocycles. The molecular weight excluding hydrogens is 789 g/mol. The van der Waals surface area contributed by atoms with Gasteiger partial charge in [-0.05, 0) is 109 Å². The second-order valence-electron chi connectivity index (χ2n) is 17.0. The van der Waals surface area contributed by atoms with Gasteiger partial charge in [0.2, 0.25) is 0 Å². The van der Waals surface area contributed by atoms with E-state index in [1.54, 1.807) is 0 Å². The molecule has 5 heteroatoms. The number of rotatable bonds is 47. The zero-order valence-corrected chi connectivity index (χ0v) is 41.8. The highest BCUT2D eigenvalue weighted by Crippen LogP contribution is 2.13. The molecule has 0 N–H and O–H groups in total. The molecule has 0 aliphatic carbocycles. The lowest BCUT2D eigenvalue weighted by atomic mass is 10.1. The Hall–Kier alpha value is -3.44. The Labute approximate surface area is 395 Å². The third-order valence-electron chi connectivity index (χ3n) is 10.8. The Morgan fingerprint density at radius 2 is 0.734 bits per heavy atom. The highest BCUT2D eigenvalue weighted by Gasteiger charge is 2.17. The van der Waals surface area contributed by atoms with Crippen molar-refractivity contribution in [2.75, 3.05) is 19.8 Å². The number of carbonyl (C=O) groups excluding carboxylic acids is 2. The third-order valence-corrected chi connectivity index (χ3v) is 10.8. The Balaban J connectivity index is 4.35. The summed E-state index contributed by atoms with van der Waals surface area (Å²) in [4.78, 5) is 25.4. The molecule has 0 amide bonds. The van der Waals surface area contributed by atoms with Gasteiger partial charge in [0.05, 0.1) is 6.61 Å². The van der Waals surface area contributed by atoms with E-state index >= 15 is 0 Å². The average molecular weight is 887 g/mol. The maximum absolute atomic E-state index is 12.8. The van der Waals surface area contributed by atoms with Gasteiger partial charge in [-0.25, -0.2) is 0 Å². The molecule has 0 rings (SSSR count). The van der Waals surface area contributed by atoms with Gasteiger partial charge < -0.3 is 14.2 Å². The summed E-state index contributed by atoms with van der Waals surface area (Å²) in [7, 11) is 0. The average Bonchev–Trinajstić information content (AvgIpc) is 3.30. The molecule has 0 aliphatic heterocycles. The van der Waals surface area contributed by atoms with Crippen LogP contribution in [0.3, 0.4) is 0 Å². The molecule has 0 aromatic rings. The van der Waals surface area contributed by atoms with Crippen LogP contribution < -0.4 is 0 Å². The Kier molecular flexibility index (Phi) is 51.0. The molecule has 0 bridgehead atoms. The maximum atomic E-state index is 12.8. The number of ether oxygens (including phenoxy) is 3. The summed E-state index contributed by atoms with van der Waals surface area (Å²) < 4.78 is 17.3. The molecule has 0 aromatic carbocycles. The van der Waals surface area contributed by atoms with Gasteiger partial charge in [-0.2, -0.15) is 0 Å². The third kappa shape index (κ3) is 51.2. The minimum Gasteiger partial charge on any atom is -0.462 e. The number of hydrogen-bond acceptors (Lipinski definition) is 5. The van der Waals surface area contributed by atoms with Gasteiger partial charge in [0.25, 0.3) is 0 Å². The van der Waals surface area contributed by atoms with Gasteiger partial charge in [-0.3, -0.25) is 9.59 Å². The second-order valence-corrected chi connectivity index (χ2v) is 17.0. The van der Waals surface area contributed by atoms with Crippen LogP contribution in [0.5, 0.6) is 0 Å². The van der Waals surface area contributed by atoms with Crippen LogP contribution in [0.1, 0.15) is 226 Å². The fraction of sp³-hybridized carbons (Fsp3) is 0.661. The van der Waals surface area contributed by atoms with Crippen LogP contribution in [-0.4, -0.2) is 37.9 Å². The Bertz CT molecular complexity index is 1280. The molecule has 1 atom stereocenters. The summed E-state index contributed by atoms with van der Waals surface area (Å²) in [6.07, 6.45) is 74.0. The summed E-state index contributed by atoms with van der Waals surface area (Å²) >= 11 is 0. The predicted octanol–water partition coefficient (Wildman–Crippen LogP) is 18.0. The molecule has 64 heavy (non-hydrogen) atoms. The van der Waals surface area contributed by atoms with E-state index in [0.29, 0.717) is 19.4 Å². The highest BCUT2D eigenvalue weighted by atomic mass is 16.6. The Morgan fingerprint density at radius 3 is 1.19 bits per heavy atom. The molecule has 5 nitrogen and oxygen atoms in total. The van der Waals surface area contributed by atoms with Crippen LogP contribution in [0.4, 0.5) is 0 Å². The molecule has 0 radical (unpaired) electrons. The van der Waals surface area contributed by atoms with Crippen LogP contribution in [0, 0.1) is 0 Å². The van der Waals surface area contributed by atoms with E-state index in [-0.39, 0.29) is 31.6 Å². The van der Waals surface area contributed by atoms with Crippen molar-refractivity contribution in [2.24, 2.45) is 0 Å². The summed E-state index contributed by atoms with van der Waals surface area (Å²) in [5, 5.41) is 0. The van der Waals surface area contributed by atoms with E-state index in [4.69, 9.17) is 14.2 Å². The van der Waals surface area contributed by atoms with Crippen molar-refractivity contribution in [2.45, 2.75) is 232 Å².